The van der Waals surface area contributed by atoms with E-state index in [1.54, 1.807) is 30.3 Å². The lowest BCUT2D eigenvalue weighted by molar-refractivity contribution is 0.0697. The van der Waals surface area contributed by atoms with E-state index in [4.69, 9.17) is 5.11 Å². The quantitative estimate of drug-likeness (QED) is 0.795. The molecule has 0 fully saturated rings. The molecule has 0 aliphatic heterocycles. The fraction of sp³-hybridized carbons (Fsp3) is 0.188. The van der Waals surface area contributed by atoms with Crippen LogP contribution in [0.25, 0.3) is 0 Å². The summed E-state index contributed by atoms with van der Waals surface area (Å²) < 4.78 is 0. The molecule has 104 valence electrons. The van der Waals surface area contributed by atoms with Crippen molar-refractivity contribution in [2.24, 2.45) is 0 Å². The van der Waals surface area contributed by atoms with Gasteiger partial charge in [-0.3, -0.25) is 0 Å². The molecule has 1 atom stereocenters. The van der Waals surface area contributed by atoms with E-state index in [9.17, 15) is 9.90 Å². The molecule has 0 aromatic heterocycles. The van der Waals surface area contributed by atoms with Gasteiger partial charge in [0.25, 0.3) is 0 Å². The maximum absolute atomic E-state index is 11.0. The van der Waals surface area contributed by atoms with Gasteiger partial charge in [-0.2, -0.15) is 0 Å². The smallest absolute Gasteiger partial charge is 0.335 e. The molecular formula is C16H17NO3. The lowest BCUT2D eigenvalue weighted by atomic mass is 10.0. The summed E-state index contributed by atoms with van der Waals surface area (Å²) in [5, 5.41) is 22.1. The Morgan fingerprint density at radius 2 is 1.90 bits per heavy atom. The Kier molecular flexibility index (Phi) is 3.94. The number of rotatable bonds is 4. The summed E-state index contributed by atoms with van der Waals surface area (Å²) in [5.74, 6) is -0.734. The average Bonchev–Trinajstić information content (AvgIpc) is 2.41. The first-order valence-electron chi connectivity index (χ1n) is 6.37. The molecule has 0 radical (unpaired) electrons. The van der Waals surface area contributed by atoms with Crippen LogP contribution in [0.4, 0.5) is 5.69 Å². The number of aromatic carboxylic acids is 1. The number of hydrogen-bond donors (Lipinski definition) is 3. The summed E-state index contributed by atoms with van der Waals surface area (Å²) in [4.78, 5) is 11.0. The summed E-state index contributed by atoms with van der Waals surface area (Å²) in [6, 6.07) is 11.9. The number of nitrogens with one attached hydrogen (secondary N) is 1. The third kappa shape index (κ3) is 2.91. The van der Waals surface area contributed by atoms with Gasteiger partial charge in [0.2, 0.25) is 0 Å². The number of aryl methyl sites for hydroxylation is 1. The summed E-state index contributed by atoms with van der Waals surface area (Å²) >= 11 is 0. The highest BCUT2D eigenvalue weighted by atomic mass is 16.4. The van der Waals surface area contributed by atoms with Crippen LogP contribution in [0.2, 0.25) is 0 Å². The zero-order chi connectivity index (χ0) is 14.7. The van der Waals surface area contributed by atoms with Gasteiger partial charge >= 0.3 is 5.97 Å². The minimum Gasteiger partial charge on any atom is -0.508 e. The molecule has 4 heteroatoms. The minimum absolute atomic E-state index is 0.126. The summed E-state index contributed by atoms with van der Waals surface area (Å²) in [6.45, 7) is 3.83. The van der Waals surface area contributed by atoms with Crippen LogP contribution in [0, 0.1) is 6.92 Å². The molecule has 3 N–H and O–H groups in total. The number of phenolic OH excluding ortho intramolecular Hbond substituents is 1. The highest BCUT2D eigenvalue weighted by molar-refractivity contribution is 5.89. The molecule has 2 aromatic carbocycles. The van der Waals surface area contributed by atoms with Crippen LogP contribution >= 0.6 is 0 Å². The molecule has 2 aromatic rings. The number of carboxylic acid groups (broad SMARTS) is 1. The normalized spacial score (nSPS) is 11.9. The van der Waals surface area contributed by atoms with Gasteiger partial charge in [0.05, 0.1) is 11.6 Å². The SMILES string of the molecule is Cc1ccc(C(=O)O)cc1NC(C)c1ccccc1O. The Hall–Kier alpha value is -2.49. The van der Waals surface area contributed by atoms with Gasteiger partial charge < -0.3 is 15.5 Å². The second-order valence-corrected chi connectivity index (χ2v) is 4.76. The van der Waals surface area contributed by atoms with Crippen LogP contribution in [0.1, 0.15) is 34.5 Å². The van der Waals surface area contributed by atoms with Gasteiger partial charge in [0, 0.05) is 11.3 Å². The first-order chi connectivity index (χ1) is 9.49. The van der Waals surface area contributed by atoms with Crippen LogP contribution in [0.15, 0.2) is 42.5 Å². The Morgan fingerprint density at radius 3 is 2.55 bits per heavy atom. The van der Waals surface area contributed by atoms with Crippen molar-refractivity contribution in [1.82, 2.24) is 0 Å². The number of carbonyl (C=O) groups is 1. The van der Waals surface area contributed by atoms with Gasteiger partial charge in [-0.15, -0.1) is 0 Å². The largest absolute Gasteiger partial charge is 0.508 e. The first kappa shape index (κ1) is 13.9. The summed E-state index contributed by atoms with van der Waals surface area (Å²) in [6.07, 6.45) is 0. The Morgan fingerprint density at radius 1 is 1.20 bits per heavy atom. The van der Waals surface area contributed by atoms with Crippen molar-refractivity contribution in [3.63, 3.8) is 0 Å². The second kappa shape index (κ2) is 5.65. The Balaban J connectivity index is 2.28. The molecule has 0 amide bonds. The van der Waals surface area contributed by atoms with Gasteiger partial charge in [-0.1, -0.05) is 24.3 Å². The van der Waals surface area contributed by atoms with E-state index in [1.165, 1.54) is 0 Å². The predicted octanol–water partition coefficient (Wildman–Crippen LogP) is 3.57. The fourth-order valence-corrected chi connectivity index (χ4v) is 2.08. The van der Waals surface area contributed by atoms with E-state index in [0.717, 1.165) is 16.8 Å². The van der Waals surface area contributed by atoms with E-state index in [0.29, 0.717) is 0 Å². The third-order valence-electron chi connectivity index (χ3n) is 3.26. The average molecular weight is 271 g/mol. The number of aromatic hydroxyl groups is 1. The highest BCUT2D eigenvalue weighted by Gasteiger charge is 2.12. The summed E-state index contributed by atoms with van der Waals surface area (Å²) in [5.41, 5.74) is 2.72. The molecule has 0 saturated carbocycles. The zero-order valence-electron chi connectivity index (χ0n) is 11.4. The van der Waals surface area contributed by atoms with Crippen LogP contribution in [-0.4, -0.2) is 16.2 Å². The molecule has 0 aliphatic rings. The molecule has 2 rings (SSSR count). The lowest BCUT2D eigenvalue weighted by Gasteiger charge is -2.18. The molecule has 4 nitrogen and oxygen atoms in total. The summed E-state index contributed by atoms with van der Waals surface area (Å²) in [7, 11) is 0. The van der Waals surface area contributed by atoms with E-state index in [1.807, 2.05) is 26.0 Å². The van der Waals surface area contributed by atoms with Crippen molar-refractivity contribution < 1.29 is 15.0 Å². The maximum Gasteiger partial charge on any atom is 0.335 e. The molecule has 1 unspecified atom stereocenters. The molecule has 0 heterocycles. The topological polar surface area (TPSA) is 69.6 Å². The highest BCUT2D eigenvalue weighted by Crippen LogP contribution is 2.28. The molecular weight excluding hydrogens is 254 g/mol. The minimum atomic E-state index is -0.955. The van der Waals surface area contributed by atoms with Crippen LogP contribution in [0.5, 0.6) is 5.75 Å². The van der Waals surface area contributed by atoms with Crippen LogP contribution in [-0.2, 0) is 0 Å². The first-order valence-corrected chi connectivity index (χ1v) is 6.37. The zero-order valence-corrected chi connectivity index (χ0v) is 11.4. The van der Waals surface area contributed by atoms with Gasteiger partial charge in [0.1, 0.15) is 5.75 Å². The number of hydrogen-bond acceptors (Lipinski definition) is 3. The number of benzene rings is 2. The van der Waals surface area contributed by atoms with Crippen molar-refractivity contribution in [1.29, 1.82) is 0 Å². The standard InChI is InChI=1S/C16H17NO3/c1-10-7-8-12(16(19)20)9-14(10)17-11(2)13-5-3-4-6-15(13)18/h3-9,11,17-18H,1-2H3,(H,19,20). The van der Waals surface area contributed by atoms with Crippen LogP contribution in [0.3, 0.4) is 0 Å². The number of para-hydroxylation sites is 1. The maximum atomic E-state index is 11.0. The molecule has 0 spiro atoms. The third-order valence-corrected chi connectivity index (χ3v) is 3.26. The van der Waals surface area contributed by atoms with E-state index in [-0.39, 0.29) is 17.4 Å². The van der Waals surface area contributed by atoms with Crippen molar-refractivity contribution in [3.05, 3.63) is 59.2 Å². The number of carboxylic acids is 1. The Labute approximate surface area is 117 Å². The van der Waals surface area contributed by atoms with Crippen molar-refractivity contribution in [2.75, 3.05) is 5.32 Å². The Bertz CT molecular complexity index is 637. The second-order valence-electron chi connectivity index (χ2n) is 4.76. The van der Waals surface area contributed by atoms with Crippen LogP contribution < -0.4 is 5.32 Å². The molecule has 0 saturated heterocycles. The number of anilines is 1. The van der Waals surface area contributed by atoms with Crippen molar-refractivity contribution >= 4 is 11.7 Å². The van der Waals surface area contributed by atoms with E-state index < -0.39 is 5.97 Å². The monoisotopic (exact) mass is 271 g/mol. The number of phenols is 1. The van der Waals surface area contributed by atoms with Gasteiger partial charge in [-0.25, -0.2) is 4.79 Å². The molecule has 0 aliphatic carbocycles. The predicted molar refractivity (Wildman–Crippen MR) is 78.3 cm³/mol. The molecule has 0 bridgehead atoms. The van der Waals surface area contributed by atoms with Gasteiger partial charge in [0.15, 0.2) is 0 Å². The van der Waals surface area contributed by atoms with Crippen molar-refractivity contribution in [2.45, 2.75) is 19.9 Å². The van der Waals surface area contributed by atoms with Crippen molar-refractivity contribution in [3.8, 4) is 5.75 Å². The fourth-order valence-electron chi connectivity index (χ4n) is 2.08. The van der Waals surface area contributed by atoms with Gasteiger partial charge in [-0.05, 0) is 37.6 Å². The van der Waals surface area contributed by atoms with E-state index >= 15 is 0 Å². The molecule has 20 heavy (non-hydrogen) atoms. The lowest BCUT2D eigenvalue weighted by Crippen LogP contribution is -2.09. The van der Waals surface area contributed by atoms with E-state index in [2.05, 4.69) is 5.32 Å².